The van der Waals surface area contributed by atoms with E-state index in [0.29, 0.717) is 47.1 Å². The molecule has 0 saturated carbocycles. The van der Waals surface area contributed by atoms with Crippen LogP contribution in [-0.4, -0.2) is 46.0 Å². The predicted octanol–water partition coefficient (Wildman–Crippen LogP) is 5.53. The molecule has 1 N–H and O–H groups in total. The summed E-state index contributed by atoms with van der Waals surface area (Å²) in [5.74, 6) is 0.580. The van der Waals surface area contributed by atoms with Crippen LogP contribution in [0.1, 0.15) is 42.4 Å². The van der Waals surface area contributed by atoms with Crippen LogP contribution in [0.4, 0.5) is 11.4 Å². The van der Waals surface area contributed by atoms with Crippen LogP contribution in [0, 0.1) is 19.8 Å². The number of nitrogens with one attached hydrogen (secondary N) is 1. The molecule has 9 heteroatoms. The molecule has 0 unspecified atom stereocenters. The van der Waals surface area contributed by atoms with E-state index in [-0.39, 0.29) is 10.8 Å². The lowest BCUT2D eigenvalue weighted by Gasteiger charge is -2.33. The number of hydrogen-bond donors (Lipinski definition) is 1. The van der Waals surface area contributed by atoms with Crippen LogP contribution in [0.3, 0.4) is 0 Å². The van der Waals surface area contributed by atoms with Gasteiger partial charge in [-0.15, -0.1) is 0 Å². The Labute approximate surface area is 237 Å². The van der Waals surface area contributed by atoms with Crippen LogP contribution >= 0.6 is 11.6 Å². The highest BCUT2D eigenvalue weighted by Gasteiger charge is 2.26. The topological polar surface area (TPSA) is 82.6 Å². The molecule has 1 aliphatic heterocycles. The molecule has 0 aliphatic carbocycles. The van der Waals surface area contributed by atoms with Crippen molar-refractivity contribution in [2.24, 2.45) is 5.92 Å². The van der Waals surface area contributed by atoms with E-state index >= 15 is 0 Å². The third-order valence-corrected chi connectivity index (χ3v) is 9.88. The van der Waals surface area contributed by atoms with E-state index in [1.54, 1.807) is 39.1 Å². The summed E-state index contributed by atoms with van der Waals surface area (Å²) in [5.41, 5.74) is 3.90. The zero-order chi connectivity index (χ0) is 28.0. The van der Waals surface area contributed by atoms with Crippen LogP contribution in [0.25, 0.3) is 0 Å². The molecular weight excluding hydrogens is 532 g/mol. The van der Waals surface area contributed by atoms with Gasteiger partial charge in [-0.3, -0.25) is 14.1 Å². The number of piperidine rings is 1. The summed E-state index contributed by atoms with van der Waals surface area (Å²) >= 11 is 6.19. The van der Waals surface area contributed by atoms with Gasteiger partial charge in [0.2, 0.25) is 5.91 Å². The van der Waals surface area contributed by atoms with Crippen molar-refractivity contribution in [2.45, 2.75) is 50.8 Å². The number of carbonyl (C=O) groups is 1. The van der Waals surface area contributed by atoms with Crippen molar-refractivity contribution in [1.29, 1.82) is 0 Å². The Morgan fingerprint density at radius 3 is 2.49 bits per heavy atom. The highest BCUT2D eigenvalue weighted by atomic mass is 35.5. The number of hydrogen-bond acceptors (Lipinski definition) is 5. The van der Waals surface area contributed by atoms with Crippen LogP contribution in [0.15, 0.2) is 65.8 Å². The fourth-order valence-corrected chi connectivity index (χ4v) is 6.87. The summed E-state index contributed by atoms with van der Waals surface area (Å²) in [6, 6.07) is 14.7. The molecule has 1 saturated heterocycles. The van der Waals surface area contributed by atoms with E-state index in [0.717, 1.165) is 37.9 Å². The molecule has 1 aliphatic rings. The summed E-state index contributed by atoms with van der Waals surface area (Å²) in [6.07, 6.45) is 7.59. The number of para-hydroxylation sites is 1. The molecule has 2 heterocycles. The number of amides is 1. The number of rotatable bonds is 10. The van der Waals surface area contributed by atoms with E-state index in [9.17, 15) is 13.2 Å². The molecule has 1 aromatic heterocycles. The first-order valence-electron chi connectivity index (χ1n) is 13.4. The zero-order valence-electron chi connectivity index (χ0n) is 22.9. The smallest absolute Gasteiger partial charge is 0.264 e. The van der Waals surface area contributed by atoms with E-state index in [4.69, 9.17) is 11.6 Å². The van der Waals surface area contributed by atoms with Gasteiger partial charge in [0.05, 0.1) is 10.6 Å². The van der Waals surface area contributed by atoms with Gasteiger partial charge in [0.15, 0.2) is 0 Å². The maximum atomic E-state index is 13.5. The van der Waals surface area contributed by atoms with Gasteiger partial charge in [-0.05, 0) is 92.5 Å². The SMILES string of the molecule is Cc1cc(S(=O)(=O)N(C)c2ccccc2CCC(=O)NCCC2CCN(c3ccncc3)CC2)c(C)cc1Cl. The molecule has 208 valence electrons. The molecule has 2 aromatic carbocycles. The minimum atomic E-state index is -3.80. The van der Waals surface area contributed by atoms with Gasteiger partial charge in [-0.25, -0.2) is 8.42 Å². The second kappa shape index (κ2) is 12.8. The highest BCUT2D eigenvalue weighted by molar-refractivity contribution is 7.92. The van der Waals surface area contributed by atoms with Crippen molar-refractivity contribution in [3.8, 4) is 0 Å². The van der Waals surface area contributed by atoms with Crippen molar-refractivity contribution < 1.29 is 13.2 Å². The maximum Gasteiger partial charge on any atom is 0.264 e. The van der Waals surface area contributed by atoms with Gasteiger partial charge in [-0.1, -0.05) is 29.8 Å². The van der Waals surface area contributed by atoms with Gasteiger partial charge in [0.1, 0.15) is 0 Å². The van der Waals surface area contributed by atoms with Crippen molar-refractivity contribution in [3.05, 3.63) is 82.6 Å². The third-order valence-electron chi connectivity index (χ3n) is 7.56. The molecule has 1 fully saturated rings. The highest BCUT2D eigenvalue weighted by Crippen LogP contribution is 2.30. The fraction of sp³-hybridized carbons (Fsp3) is 0.400. The quantitative estimate of drug-likeness (QED) is 0.347. The number of carbonyl (C=O) groups excluding carboxylic acids is 1. The van der Waals surface area contributed by atoms with Crippen molar-refractivity contribution in [3.63, 3.8) is 0 Å². The maximum absolute atomic E-state index is 13.5. The van der Waals surface area contributed by atoms with Gasteiger partial charge >= 0.3 is 0 Å². The van der Waals surface area contributed by atoms with E-state index < -0.39 is 10.0 Å². The normalized spacial score (nSPS) is 14.3. The van der Waals surface area contributed by atoms with Crippen LogP contribution in [-0.2, 0) is 21.2 Å². The lowest BCUT2D eigenvalue weighted by molar-refractivity contribution is -0.121. The number of sulfonamides is 1. The number of benzene rings is 2. The van der Waals surface area contributed by atoms with Crippen LogP contribution in [0.5, 0.6) is 0 Å². The zero-order valence-corrected chi connectivity index (χ0v) is 24.4. The first-order valence-corrected chi connectivity index (χ1v) is 15.2. The molecule has 3 aromatic rings. The number of pyridine rings is 1. The molecule has 7 nitrogen and oxygen atoms in total. The second-order valence-corrected chi connectivity index (χ2v) is 12.6. The molecule has 0 radical (unpaired) electrons. The van der Waals surface area contributed by atoms with Gasteiger partial charge in [0.25, 0.3) is 10.0 Å². The summed E-state index contributed by atoms with van der Waals surface area (Å²) < 4.78 is 28.3. The van der Waals surface area contributed by atoms with Crippen molar-refractivity contribution in [1.82, 2.24) is 10.3 Å². The lowest BCUT2D eigenvalue weighted by Crippen LogP contribution is -2.35. The number of anilines is 2. The first kappa shape index (κ1) is 28.9. The Bertz CT molecular complexity index is 1390. The minimum Gasteiger partial charge on any atom is -0.371 e. The molecule has 0 atom stereocenters. The third kappa shape index (κ3) is 7.11. The Balaban J connectivity index is 1.29. The van der Waals surface area contributed by atoms with E-state index in [1.807, 2.05) is 42.7 Å². The molecule has 0 bridgehead atoms. The predicted molar refractivity (Wildman–Crippen MR) is 158 cm³/mol. The Morgan fingerprint density at radius 1 is 1.08 bits per heavy atom. The minimum absolute atomic E-state index is 0.0197. The van der Waals surface area contributed by atoms with E-state index in [2.05, 4.69) is 15.2 Å². The summed E-state index contributed by atoms with van der Waals surface area (Å²) in [6.45, 7) is 6.23. The average molecular weight is 569 g/mol. The summed E-state index contributed by atoms with van der Waals surface area (Å²) in [4.78, 5) is 19.3. The summed E-state index contributed by atoms with van der Waals surface area (Å²) in [7, 11) is -2.25. The largest absolute Gasteiger partial charge is 0.371 e. The Morgan fingerprint density at radius 2 is 1.77 bits per heavy atom. The standard InChI is InChI=1S/C30H37ClN4O3S/c1-22-21-29(23(2)20-27(22)31)39(37,38)34(3)28-7-5-4-6-25(28)8-9-30(36)33-17-10-24-13-18-35(19-14-24)26-11-15-32-16-12-26/h4-7,11-12,15-16,20-21,24H,8-10,13-14,17-19H2,1-3H3,(H,33,36). The fourth-order valence-electron chi connectivity index (χ4n) is 5.13. The molecular formula is C30H37ClN4O3S. The Hall–Kier alpha value is -3.10. The number of aromatic nitrogens is 1. The molecule has 0 spiro atoms. The molecule has 39 heavy (non-hydrogen) atoms. The number of halogens is 1. The van der Waals surface area contributed by atoms with Gasteiger partial charge < -0.3 is 10.2 Å². The average Bonchev–Trinajstić information content (AvgIpc) is 2.94. The second-order valence-electron chi connectivity index (χ2n) is 10.2. The van der Waals surface area contributed by atoms with Gasteiger partial charge in [0, 0.05) is 56.2 Å². The number of nitrogens with zero attached hydrogens (tertiary/aromatic N) is 3. The van der Waals surface area contributed by atoms with Crippen molar-refractivity contribution >= 4 is 38.9 Å². The monoisotopic (exact) mass is 568 g/mol. The van der Waals surface area contributed by atoms with E-state index in [1.165, 1.54) is 9.99 Å². The molecule has 4 rings (SSSR count). The Kier molecular flexibility index (Phi) is 9.51. The van der Waals surface area contributed by atoms with Crippen LogP contribution < -0.4 is 14.5 Å². The first-order chi connectivity index (χ1) is 18.7. The van der Waals surface area contributed by atoms with Gasteiger partial charge in [-0.2, -0.15) is 0 Å². The van der Waals surface area contributed by atoms with Crippen LogP contribution in [0.2, 0.25) is 5.02 Å². The number of aryl methyl sites for hydroxylation is 3. The lowest BCUT2D eigenvalue weighted by atomic mass is 9.93. The van der Waals surface area contributed by atoms with Crippen molar-refractivity contribution in [2.75, 3.05) is 35.9 Å². The summed E-state index contributed by atoms with van der Waals surface area (Å²) in [5, 5.41) is 3.60. The molecule has 1 amide bonds.